The largest absolute Gasteiger partial charge is 0.480 e. The van der Waals surface area contributed by atoms with Crippen molar-refractivity contribution in [3.63, 3.8) is 0 Å². The lowest BCUT2D eigenvalue weighted by Gasteiger charge is -2.13. The molecule has 2 amide bonds. The summed E-state index contributed by atoms with van der Waals surface area (Å²) < 4.78 is 10.1. The number of halogens is 2. The summed E-state index contributed by atoms with van der Waals surface area (Å²) in [5, 5.41) is 9.26. The minimum atomic E-state index is -1.06. The molecule has 0 radical (unpaired) electrons. The van der Waals surface area contributed by atoms with E-state index in [9.17, 15) is 14.4 Å². The highest BCUT2D eigenvalue weighted by atomic mass is 79.9. The lowest BCUT2D eigenvalue weighted by molar-refractivity contribution is -0.142. The van der Waals surface area contributed by atoms with Crippen LogP contribution in [-0.2, 0) is 24.9 Å². The van der Waals surface area contributed by atoms with E-state index in [0.29, 0.717) is 22.0 Å². The van der Waals surface area contributed by atoms with Gasteiger partial charge in [-0.05, 0) is 0 Å². The molecule has 0 atom stereocenters. The van der Waals surface area contributed by atoms with E-state index in [1.165, 1.54) is 0 Å². The summed E-state index contributed by atoms with van der Waals surface area (Å²) in [6.45, 7) is 0.0422. The summed E-state index contributed by atoms with van der Waals surface area (Å²) in [6, 6.07) is 0. The fourth-order valence-electron chi connectivity index (χ4n) is 2.10. The Bertz CT molecular complexity index is 642. The van der Waals surface area contributed by atoms with Crippen molar-refractivity contribution in [2.24, 2.45) is 0 Å². The van der Waals surface area contributed by atoms with Gasteiger partial charge in [-0.1, -0.05) is 31.9 Å². The third kappa shape index (κ3) is 4.81. The Labute approximate surface area is 160 Å². The molecule has 2 rings (SSSR count). The van der Waals surface area contributed by atoms with E-state index in [1.807, 2.05) is 0 Å². The molecule has 0 spiro atoms. The molecule has 1 aliphatic heterocycles. The normalized spacial score (nSPS) is 13.4. The van der Waals surface area contributed by atoms with Gasteiger partial charge in [0.2, 0.25) is 0 Å². The lowest BCUT2D eigenvalue weighted by Crippen LogP contribution is -2.33. The monoisotopic (exact) mass is 479 g/mol. The third-order valence-corrected chi connectivity index (χ3v) is 4.32. The van der Waals surface area contributed by atoms with Crippen molar-refractivity contribution in [3.05, 3.63) is 22.8 Å². The van der Waals surface area contributed by atoms with E-state index in [-0.39, 0.29) is 37.8 Å². The number of nitrogens with zero attached hydrogens (tertiary/aromatic N) is 3. The van der Waals surface area contributed by atoms with Crippen molar-refractivity contribution in [2.45, 2.75) is 10.7 Å². The molecule has 1 aromatic heterocycles. The van der Waals surface area contributed by atoms with Gasteiger partial charge in [-0.3, -0.25) is 14.5 Å². The number of ether oxygens (including phenoxy) is 2. The number of rotatable bonds is 10. The van der Waals surface area contributed by atoms with E-state index >= 15 is 0 Å². The first-order valence-corrected chi connectivity index (χ1v) is 9.49. The number of amides is 2. The summed E-state index contributed by atoms with van der Waals surface area (Å²) in [5.74, 6) is -2.06. The van der Waals surface area contributed by atoms with Gasteiger partial charge in [-0.25, -0.2) is 14.8 Å². The molecule has 1 aromatic rings. The Morgan fingerprint density at radius 1 is 0.960 bits per heavy atom. The van der Waals surface area contributed by atoms with E-state index in [2.05, 4.69) is 41.8 Å². The Morgan fingerprint density at radius 3 is 1.96 bits per heavy atom. The van der Waals surface area contributed by atoms with Crippen LogP contribution in [0, 0.1) is 0 Å². The predicted molar refractivity (Wildman–Crippen MR) is 91.9 cm³/mol. The van der Waals surface area contributed by atoms with Crippen molar-refractivity contribution in [2.75, 3.05) is 33.0 Å². The van der Waals surface area contributed by atoms with Gasteiger partial charge in [0.05, 0.1) is 37.8 Å². The van der Waals surface area contributed by atoms with E-state index in [1.54, 1.807) is 0 Å². The quantitative estimate of drug-likeness (QED) is 0.299. The first-order valence-electron chi connectivity index (χ1n) is 7.24. The first kappa shape index (κ1) is 19.9. The van der Waals surface area contributed by atoms with Gasteiger partial charge in [0.25, 0.3) is 11.8 Å². The zero-order valence-electron chi connectivity index (χ0n) is 13.0. The molecule has 0 aliphatic carbocycles. The maximum atomic E-state index is 12.3. The van der Waals surface area contributed by atoms with Gasteiger partial charge in [0, 0.05) is 10.7 Å². The molecule has 136 valence electrons. The number of aromatic nitrogens is 2. The van der Waals surface area contributed by atoms with Crippen molar-refractivity contribution >= 4 is 49.6 Å². The second-order valence-electron chi connectivity index (χ2n) is 4.90. The van der Waals surface area contributed by atoms with Gasteiger partial charge < -0.3 is 14.6 Å². The Balaban J connectivity index is 1.90. The van der Waals surface area contributed by atoms with Gasteiger partial charge in [0.1, 0.15) is 6.61 Å². The minimum absolute atomic E-state index is 0.0499. The number of fused-ring (bicyclic) bond motifs is 1. The number of hydrogen-bond donors (Lipinski definition) is 1. The second kappa shape index (κ2) is 9.32. The maximum absolute atomic E-state index is 12.3. The standard InChI is InChI=1S/C14H15Br2N3O6/c15-5-8-9(6-16)18-12-11(17-8)13(22)19(14(12)23)1-2-24-3-4-25-7-10(20)21/h1-7H2,(H,20,21). The molecule has 2 heterocycles. The topological polar surface area (TPSA) is 119 Å². The van der Waals surface area contributed by atoms with Crippen molar-refractivity contribution in [1.82, 2.24) is 14.9 Å². The van der Waals surface area contributed by atoms with Crippen LogP contribution in [0.3, 0.4) is 0 Å². The molecule has 1 N–H and O–H groups in total. The van der Waals surface area contributed by atoms with Crippen LogP contribution in [0.15, 0.2) is 0 Å². The number of carbonyl (C=O) groups is 3. The number of hydrogen-bond acceptors (Lipinski definition) is 7. The van der Waals surface area contributed by atoms with Gasteiger partial charge >= 0.3 is 5.97 Å². The molecule has 0 saturated carbocycles. The first-order chi connectivity index (χ1) is 12.0. The smallest absolute Gasteiger partial charge is 0.329 e. The second-order valence-corrected chi connectivity index (χ2v) is 6.02. The minimum Gasteiger partial charge on any atom is -0.480 e. The van der Waals surface area contributed by atoms with Crippen LogP contribution in [-0.4, -0.2) is 70.7 Å². The molecule has 0 saturated heterocycles. The Morgan fingerprint density at radius 2 is 1.48 bits per heavy atom. The SMILES string of the molecule is O=C(O)COCCOCCN1C(=O)c2nc(CBr)c(CBr)nc2C1=O. The van der Waals surface area contributed by atoms with Crippen molar-refractivity contribution in [1.29, 1.82) is 0 Å². The van der Waals surface area contributed by atoms with E-state index < -0.39 is 24.4 Å². The molecular weight excluding hydrogens is 466 g/mol. The summed E-state index contributed by atoms with van der Waals surface area (Å²) in [6.07, 6.45) is 0. The Kier molecular flexibility index (Phi) is 7.41. The Hall–Kier alpha value is -1.43. The fourth-order valence-corrected chi connectivity index (χ4v) is 3.00. The van der Waals surface area contributed by atoms with Crippen LogP contribution in [0.1, 0.15) is 32.4 Å². The lowest BCUT2D eigenvalue weighted by atomic mass is 10.3. The molecule has 25 heavy (non-hydrogen) atoms. The number of aliphatic carboxylic acids is 1. The molecule has 0 bridgehead atoms. The molecular formula is C14H15Br2N3O6. The highest BCUT2D eigenvalue weighted by Gasteiger charge is 2.39. The molecule has 1 aliphatic rings. The molecule has 0 aromatic carbocycles. The summed E-state index contributed by atoms with van der Waals surface area (Å²) >= 11 is 6.57. The van der Waals surface area contributed by atoms with Gasteiger partial charge in [0.15, 0.2) is 11.4 Å². The van der Waals surface area contributed by atoms with E-state index in [0.717, 1.165) is 4.90 Å². The zero-order chi connectivity index (χ0) is 18.4. The fraction of sp³-hybridized carbons (Fsp3) is 0.500. The summed E-state index contributed by atoms with van der Waals surface area (Å²) in [7, 11) is 0. The summed E-state index contributed by atoms with van der Waals surface area (Å²) in [4.78, 5) is 44.5. The van der Waals surface area contributed by atoms with Crippen LogP contribution >= 0.6 is 31.9 Å². The molecule has 0 unspecified atom stereocenters. The van der Waals surface area contributed by atoms with Crippen LogP contribution < -0.4 is 0 Å². The average Bonchev–Trinajstić information content (AvgIpc) is 2.83. The number of carbonyl (C=O) groups excluding carboxylic acids is 2. The van der Waals surface area contributed by atoms with Gasteiger partial charge in [-0.2, -0.15) is 0 Å². The maximum Gasteiger partial charge on any atom is 0.329 e. The van der Waals surface area contributed by atoms with Crippen LogP contribution in [0.25, 0.3) is 0 Å². The number of alkyl halides is 2. The zero-order valence-corrected chi connectivity index (χ0v) is 16.2. The highest BCUT2D eigenvalue weighted by molar-refractivity contribution is 9.09. The van der Waals surface area contributed by atoms with Crippen molar-refractivity contribution < 1.29 is 29.0 Å². The highest BCUT2D eigenvalue weighted by Crippen LogP contribution is 2.23. The van der Waals surface area contributed by atoms with E-state index in [4.69, 9.17) is 14.6 Å². The van der Waals surface area contributed by atoms with Crippen molar-refractivity contribution in [3.8, 4) is 0 Å². The predicted octanol–water partition coefficient (Wildman–Crippen LogP) is 0.980. The summed E-state index contributed by atoms with van der Waals surface area (Å²) in [5.41, 5.74) is 1.30. The third-order valence-electron chi connectivity index (χ3n) is 3.26. The number of imide groups is 1. The number of carboxylic acids is 1. The molecule has 11 heteroatoms. The number of carboxylic acid groups (broad SMARTS) is 1. The average molecular weight is 481 g/mol. The molecule has 0 fully saturated rings. The van der Waals surface area contributed by atoms with Crippen LogP contribution in [0.2, 0.25) is 0 Å². The molecule has 9 nitrogen and oxygen atoms in total. The van der Waals surface area contributed by atoms with Crippen LogP contribution in [0.4, 0.5) is 0 Å². The van der Waals surface area contributed by atoms with Gasteiger partial charge in [-0.15, -0.1) is 0 Å². The van der Waals surface area contributed by atoms with Crippen LogP contribution in [0.5, 0.6) is 0 Å².